The smallest absolute Gasteiger partial charge is 0.0708 e. The second-order valence-electron chi connectivity index (χ2n) is 3.62. The van der Waals surface area contributed by atoms with E-state index in [2.05, 4.69) is 6.92 Å². The topological polar surface area (TPSA) is 38.7 Å². The molecule has 0 bridgehead atoms. The Bertz CT molecular complexity index is 132. The Balaban J connectivity index is 1.93. The van der Waals surface area contributed by atoms with Crippen LogP contribution in [0.2, 0.25) is 0 Å². The zero-order chi connectivity index (χ0) is 9.57. The molecule has 0 radical (unpaired) electrons. The molecule has 1 fully saturated rings. The van der Waals surface area contributed by atoms with E-state index in [0.29, 0.717) is 19.8 Å². The van der Waals surface area contributed by atoms with Crippen molar-refractivity contribution in [1.82, 2.24) is 0 Å². The summed E-state index contributed by atoms with van der Waals surface area (Å²) in [6.45, 7) is 3.97. The standard InChI is InChI=1S/C10H20O3/c1-2-3-10(4-5-10)13-9-8-12-7-6-11/h11H,2-9H2,1H3. The SMILES string of the molecule is CCCC1(OCCOCCO)CC1. The van der Waals surface area contributed by atoms with Gasteiger partial charge in [0, 0.05) is 0 Å². The molecule has 0 aromatic carbocycles. The Hall–Kier alpha value is -0.120. The van der Waals surface area contributed by atoms with Crippen LogP contribution in [-0.4, -0.2) is 37.1 Å². The molecular weight excluding hydrogens is 168 g/mol. The second-order valence-corrected chi connectivity index (χ2v) is 3.62. The maximum atomic E-state index is 8.46. The van der Waals surface area contributed by atoms with Crippen molar-refractivity contribution in [3.8, 4) is 0 Å². The molecule has 0 aromatic heterocycles. The summed E-state index contributed by atoms with van der Waals surface area (Å²) in [5.41, 5.74) is 0.206. The van der Waals surface area contributed by atoms with Crippen LogP contribution in [0.3, 0.4) is 0 Å². The summed E-state index contributed by atoms with van der Waals surface area (Å²) >= 11 is 0. The summed E-state index contributed by atoms with van der Waals surface area (Å²) in [5.74, 6) is 0. The fourth-order valence-electron chi connectivity index (χ4n) is 1.55. The van der Waals surface area contributed by atoms with E-state index in [1.807, 2.05) is 0 Å². The first-order chi connectivity index (χ1) is 6.33. The van der Waals surface area contributed by atoms with E-state index in [-0.39, 0.29) is 12.2 Å². The lowest BCUT2D eigenvalue weighted by molar-refractivity contribution is -0.0187. The van der Waals surface area contributed by atoms with Crippen molar-refractivity contribution in [1.29, 1.82) is 0 Å². The molecule has 0 spiro atoms. The Morgan fingerprint density at radius 1 is 1.23 bits per heavy atom. The number of hydrogen-bond acceptors (Lipinski definition) is 3. The third-order valence-corrected chi connectivity index (χ3v) is 2.38. The monoisotopic (exact) mass is 188 g/mol. The van der Waals surface area contributed by atoms with E-state index < -0.39 is 0 Å². The van der Waals surface area contributed by atoms with Gasteiger partial charge in [-0.2, -0.15) is 0 Å². The number of aliphatic hydroxyl groups is 1. The Morgan fingerprint density at radius 3 is 2.54 bits per heavy atom. The minimum atomic E-state index is 0.0973. The van der Waals surface area contributed by atoms with E-state index in [1.54, 1.807) is 0 Å². The largest absolute Gasteiger partial charge is 0.394 e. The lowest BCUT2D eigenvalue weighted by Gasteiger charge is -2.15. The molecule has 0 atom stereocenters. The van der Waals surface area contributed by atoms with Crippen LogP contribution in [0.15, 0.2) is 0 Å². The molecule has 1 aliphatic rings. The summed E-state index contributed by atoms with van der Waals surface area (Å²) in [5, 5.41) is 8.46. The van der Waals surface area contributed by atoms with Gasteiger partial charge in [-0.1, -0.05) is 13.3 Å². The van der Waals surface area contributed by atoms with E-state index >= 15 is 0 Å². The van der Waals surface area contributed by atoms with Crippen LogP contribution in [0.5, 0.6) is 0 Å². The minimum Gasteiger partial charge on any atom is -0.394 e. The molecule has 0 amide bonds. The molecule has 0 saturated heterocycles. The lowest BCUT2D eigenvalue weighted by atomic mass is 10.2. The van der Waals surface area contributed by atoms with Crippen molar-refractivity contribution in [3.05, 3.63) is 0 Å². The first kappa shape index (κ1) is 11.0. The van der Waals surface area contributed by atoms with Crippen molar-refractivity contribution < 1.29 is 14.6 Å². The third-order valence-electron chi connectivity index (χ3n) is 2.38. The van der Waals surface area contributed by atoms with Crippen LogP contribution >= 0.6 is 0 Å². The van der Waals surface area contributed by atoms with Gasteiger partial charge in [0.1, 0.15) is 0 Å². The molecule has 3 nitrogen and oxygen atoms in total. The summed E-state index contributed by atoms with van der Waals surface area (Å²) in [4.78, 5) is 0. The fraction of sp³-hybridized carbons (Fsp3) is 1.00. The first-order valence-electron chi connectivity index (χ1n) is 5.15. The summed E-state index contributed by atoms with van der Waals surface area (Å²) < 4.78 is 10.8. The van der Waals surface area contributed by atoms with Gasteiger partial charge in [0.05, 0.1) is 32.0 Å². The highest BCUT2D eigenvalue weighted by Gasteiger charge is 2.42. The van der Waals surface area contributed by atoms with Crippen LogP contribution in [0.4, 0.5) is 0 Å². The Labute approximate surface area is 80.0 Å². The van der Waals surface area contributed by atoms with Crippen LogP contribution < -0.4 is 0 Å². The fourth-order valence-corrected chi connectivity index (χ4v) is 1.55. The molecule has 3 heteroatoms. The van der Waals surface area contributed by atoms with Crippen molar-refractivity contribution in [2.45, 2.75) is 38.2 Å². The maximum Gasteiger partial charge on any atom is 0.0708 e. The molecule has 1 N–H and O–H groups in total. The highest BCUT2D eigenvalue weighted by atomic mass is 16.5. The van der Waals surface area contributed by atoms with Crippen LogP contribution in [0, 0.1) is 0 Å². The van der Waals surface area contributed by atoms with Crippen LogP contribution in [-0.2, 0) is 9.47 Å². The van der Waals surface area contributed by atoms with Gasteiger partial charge in [-0.25, -0.2) is 0 Å². The highest BCUT2D eigenvalue weighted by molar-refractivity contribution is 4.94. The van der Waals surface area contributed by atoms with Crippen molar-refractivity contribution in [3.63, 3.8) is 0 Å². The average molecular weight is 188 g/mol. The van der Waals surface area contributed by atoms with Gasteiger partial charge in [-0.3, -0.25) is 0 Å². The molecule has 0 aliphatic heterocycles. The number of hydrogen-bond donors (Lipinski definition) is 1. The van der Waals surface area contributed by atoms with Crippen molar-refractivity contribution in [2.24, 2.45) is 0 Å². The van der Waals surface area contributed by atoms with Crippen molar-refractivity contribution in [2.75, 3.05) is 26.4 Å². The molecule has 0 unspecified atom stereocenters. The second kappa shape index (κ2) is 5.58. The first-order valence-corrected chi connectivity index (χ1v) is 5.15. The molecule has 78 valence electrons. The van der Waals surface area contributed by atoms with E-state index in [9.17, 15) is 0 Å². The highest BCUT2D eigenvalue weighted by Crippen LogP contribution is 2.43. The number of ether oxygens (including phenoxy) is 2. The minimum absolute atomic E-state index is 0.0973. The maximum absolute atomic E-state index is 8.46. The van der Waals surface area contributed by atoms with Gasteiger partial charge in [0.25, 0.3) is 0 Å². The van der Waals surface area contributed by atoms with Crippen molar-refractivity contribution >= 4 is 0 Å². The average Bonchev–Trinajstić information content (AvgIpc) is 2.86. The summed E-state index contributed by atoms with van der Waals surface area (Å²) in [7, 11) is 0. The molecular formula is C10H20O3. The molecule has 1 rings (SSSR count). The molecule has 0 heterocycles. The van der Waals surface area contributed by atoms with Gasteiger partial charge in [-0.05, 0) is 19.3 Å². The van der Waals surface area contributed by atoms with Gasteiger partial charge in [0.15, 0.2) is 0 Å². The third kappa shape index (κ3) is 4.07. The van der Waals surface area contributed by atoms with Gasteiger partial charge < -0.3 is 14.6 Å². The van der Waals surface area contributed by atoms with Gasteiger partial charge in [-0.15, -0.1) is 0 Å². The molecule has 1 saturated carbocycles. The van der Waals surface area contributed by atoms with Crippen LogP contribution in [0.25, 0.3) is 0 Å². The zero-order valence-electron chi connectivity index (χ0n) is 8.42. The molecule has 1 aliphatic carbocycles. The Kier molecular flexibility index (Phi) is 4.70. The van der Waals surface area contributed by atoms with E-state index in [1.165, 1.54) is 25.7 Å². The summed E-state index contributed by atoms with van der Waals surface area (Å²) in [6, 6.07) is 0. The quantitative estimate of drug-likeness (QED) is 0.584. The normalized spacial score (nSPS) is 18.9. The number of aliphatic hydroxyl groups excluding tert-OH is 1. The van der Waals surface area contributed by atoms with E-state index in [0.717, 1.165) is 0 Å². The zero-order valence-corrected chi connectivity index (χ0v) is 8.42. The van der Waals surface area contributed by atoms with E-state index in [4.69, 9.17) is 14.6 Å². The predicted molar refractivity (Wildman–Crippen MR) is 50.7 cm³/mol. The van der Waals surface area contributed by atoms with Gasteiger partial charge in [0.2, 0.25) is 0 Å². The predicted octanol–water partition coefficient (Wildman–Crippen LogP) is 1.34. The number of rotatable bonds is 8. The lowest BCUT2D eigenvalue weighted by Crippen LogP contribution is -2.17. The summed E-state index contributed by atoms with van der Waals surface area (Å²) in [6.07, 6.45) is 4.78. The van der Waals surface area contributed by atoms with Gasteiger partial charge >= 0.3 is 0 Å². The molecule has 13 heavy (non-hydrogen) atoms. The molecule has 0 aromatic rings. The van der Waals surface area contributed by atoms with Crippen LogP contribution in [0.1, 0.15) is 32.6 Å². The Morgan fingerprint density at radius 2 is 2.00 bits per heavy atom.